The molecule has 0 aliphatic carbocycles. The summed E-state index contributed by atoms with van der Waals surface area (Å²) in [7, 11) is 0. The van der Waals surface area contributed by atoms with Gasteiger partial charge < -0.3 is 20.5 Å². The van der Waals surface area contributed by atoms with Crippen LogP contribution in [0.15, 0.2) is 23.2 Å². The normalized spacial score (nSPS) is 18.2. The van der Waals surface area contributed by atoms with E-state index < -0.39 is 6.10 Å². The number of aliphatic hydroxyl groups excluding tert-OH is 1. The van der Waals surface area contributed by atoms with Gasteiger partial charge in [-0.25, -0.2) is 0 Å². The second-order valence-electron chi connectivity index (χ2n) is 6.10. The van der Waals surface area contributed by atoms with Crippen LogP contribution in [0, 0.1) is 5.41 Å². The van der Waals surface area contributed by atoms with Gasteiger partial charge in [0.15, 0.2) is 5.96 Å². The summed E-state index contributed by atoms with van der Waals surface area (Å²) in [5.41, 5.74) is 0.784. The van der Waals surface area contributed by atoms with Crippen molar-refractivity contribution in [3.8, 4) is 0 Å². The van der Waals surface area contributed by atoms with Crippen LogP contribution in [0.2, 0.25) is 10.0 Å². The van der Waals surface area contributed by atoms with Crippen LogP contribution in [0.1, 0.15) is 25.5 Å². The number of rotatable bonds is 6. The highest BCUT2D eigenvalue weighted by molar-refractivity contribution is 6.34. The Balaban J connectivity index is 1.93. The maximum absolute atomic E-state index is 10.3. The van der Waals surface area contributed by atoms with Crippen LogP contribution in [0.4, 0.5) is 0 Å². The zero-order valence-electron chi connectivity index (χ0n) is 13.4. The molecule has 0 bridgehead atoms. The van der Waals surface area contributed by atoms with E-state index in [1.165, 1.54) is 0 Å². The molecule has 1 atom stereocenters. The van der Waals surface area contributed by atoms with E-state index in [1.54, 1.807) is 18.2 Å². The number of guanidine groups is 1. The van der Waals surface area contributed by atoms with E-state index in [4.69, 9.17) is 27.9 Å². The minimum atomic E-state index is -0.724. The zero-order chi connectivity index (χ0) is 16.9. The lowest BCUT2D eigenvalue weighted by atomic mass is 9.89. The molecule has 0 spiro atoms. The highest BCUT2D eigenvalue weighted by atomic mass is 35.5. The first-order valence-corrected chi connectivity index (χ1v) is 8.41. The molecule has 23 heavy (non-hydrogen) atoms. The van der Waals surface area contributed by atoms with Crippen molar-refractivity contribution in [1.82, 2.24) is 10.6 Å². The van der Waals surface area contributed by atoms with Gasteiger partial charge in [-0.3, -0.25) is 4.99 Å². The fourth-order valence-corrected chi connectivity index (χ4v) is 2.78. The average Bonchev–Trinajstić information content (AvgIpc) is 2.46. The highest BCUT2D eigenvalue weighted by Gasteiger charge is 2.33. The molecule has 1 saturated heterocycles. The van der Waals surface area contributed by atoms with E-state index in [0.717, 1.165) is 19.8 Å². The number of nitrogens with one attached hydrogen (secondary N) is 2. The van der Waals surface area contributed by atoms with Crippen molar-refractivity contribution in [1.29, 1.82) is 0 Å². The second-order valence-corrected chi connectivity index (χ2v) is 6.97. The third-order valence-corrected chi connectivity index (χ3v) is 4.03. The van der Waals surface area contributed by atoms with Crippen LogP contribution in [-0.4, -0.2) is 43.9 Å². The molecule has 2 rings (SSSR count). The maximum Gasteiger partial charge on any atom is 0.191 e. The summed E-state index contributed by atoms with van der Waals surface area (Å²) in [6.45, 7) is 7.36. The zero-order valence-corrected chi connectivity index (χ0v) is 14.9. The van der Waals surface area contributed by atoms with Crippen molar-refractivity contribution < 1.29 is 9.84 Å². The Morgan fingerprint density at radius 3 is 2.48 bits per heavy atom. The lowest BCUT2D eigenvalue weighted by Crippen LogP contribution is -2.45. The summed E-state index contributed by atoms with van der Waals surface area (Å²) >= 11 is 11.9. The summed E-state index contributed by atoms with van der Waals surface area (Å²) in [5.74, 6) is 0.674. The molecule has 7 heteroatoms. The molecule has 0 radical (unpaired) electrons. The Morgan fingerprint density at radius 2 is 1.96 bits per heavy atom. The van der Waals surface area contributed by atoms with Crippen molar-refractivity contribution in [3.05, 3.63) is 33.8 Å². The van der Waals surface area contributed by atoms with Crippen LogP contribution < -0.4 is 10.6 Å². The fraction of sp³-hybridized carbons (Fsp3) is 0.562. The summed E-state index contributed by atoms with van der Waals surface area (Å²) in [6, 6.07) is 5.05. The molecular weight excluding hydrogens is 337 g/mol. The molecule has 5 nitrogen and oxygen atoms in total. The summed E-state index contributed by atoms with van der Waals surface area (Å²) in [5, 5.41) is 17.6. The summed E-state index contributed by atoms with van der Waals surface area (Å²) < 4.78 is 5.23. The molecule has 1 aliphatic heterocycles. The standard InChI is InChI=1S/C16H23Cl2N3O2/c1-3-19-15(21-8-16(2)9-23-10-16)20-7-14(22)11-4-12(17)6-13(18)5-11/h4-6,14,22H,3,7-10H2,1-2H3,(H2,19,20,21). The van der Waals surface area contributed by atoms with E-state index in [0.29, 0.717) is 34.7 Å². The highest BCUT2D eigenvalue weighted by Crippen LogP contribution is 2.26. The van der Waals surface area contributed by atoms with Gasteiger partial charge in [0.05, 0.1) is 25.9 Å². The maximum atomic E-state index is 10.3. The first-order valence-electron chi connectivity index (χ1n) is 7.66. The van der Waals surface area contributed by atoms with E-state index in [9.17, 15) is 5.11 Å². The summed E-state index contributed by atoms with van der Waals surface area (Å²) in [4.78, 5) is 4.56. The molecule has 0 saturated carbocycles. The van der Waals surface area contributed by atoms with Crippen molar-refractivity contribution in [3.63, 3.8) is 0 Å². The smallest absolute Gasteiger partial charge is 0.191 e. The van der Waals surface area contributed by atoms with Crippen LogP contribution in [-0.2, 0) is 4.74 Å². The number of halogens is 2. The van der Waals surface area contributed by atoms with Crippen molar-refractivity contribution >= 4 is 29.2 Å². The first kappa shape index (κ1) is 18.3. The molecule has 1 fully saturated rings. The number of benzene rings is 1. The number of hydrogen-bond donors (Lipinski definition) is 3. The molecule has 1 heterocycles. The van der Waals surface area contributed by atoms with Gasteiger partial charge in [0.2, 0.25) is 0 Å². The topological polar surface area (TPSA) is 65.9 Å². The van der Waals surface area contributed by atoms with Gasteiger partial charge in [-0.15, -0.1) is 0 Å². The molecule has 0 amide bonds. The lowest BCUT2D eigenvalue weighted by molar-refractivity contribution is -0.0945. The minimum absolute atomic E-state index is 0.113. The van der Waals surface area contributed by atoms with Crippen LogP contribution >= 0.6 is 23.2 Å². The van der Waals surface area contributed by atoms with Crippen LogP contribution in [0.3, 0.4) is 0 Å². The fourth-order valence-electron chi connectivity index (χ4n) is 2.23. The van der Waals surface area contributed by atoms with Gasteiger partial charge in [0, 0.05) is 28.5 Å². The Labute approximate surface area is 147 Å². The van der Waals surface area contributed by atoms with Gasteiger partial charge in [0.25, 0.3) is 0 Å². The predicted molar refractivity (Wildman–Crippen MR) is 94.3 cm³/mol. The number of nitrogens with zero attached hydrogens (tertiary/aromatic N) is 1. The monoisotopic (exact) mass is 359 g/mol. The van der Waals surface area contributed by atoms with E-state index in [2.05, 4.69) is 22.5 Å². The van der Waals surface area contributed by atoms with Gasteiger partial charge in [-0.2, -0.15) is 0 Å². The van der Waals surface area contributed by atoms with Gasteiger partial charge >= 0.3 is 0 Å². The van der Waals surface area contributed by atoms with Gasteiger partial charge in [0.1, 0.15) is 0 Å². The Hall–Kier alpha value is -1.01. The average molecular weight is 360 g/mol. The van der Waals surface area contributed by atoms with Crippen LogP contribution in [0.25, 0.3) is 0 Å². The Morgan fingerprint density at radius 1 is 1.30 bits per heavy atom. The lowest BCUT2D eigenvalue weighted by Gasteiger charge is -2.36. The SMILES string of the molecule is CCNC(=NCC1(C)COC1)NCC(O)c1cc(Cl)cc(Cl)c1. The van der Waals surface area contributed by atoms with Gasteiger partial charge in [-0.05, 0) is 30.7 Å². The molecule has 0 aromatic heterocycles. The van der Waals surface area contributed by atoms with Gasteiger partial charge in [-0.1, -0.05) is 30.1 Å². The summed E-state index contributed by atoms with van der Waals surface area (Å²) in [6.07, 6.45) is -0.724. The molecule has 3 N–H and O–H groups in total. The number of ether oxygens (including phenoxy) is 1. The van der Waals surface area contributed by atoms with Crippen molar-refractivity contribution in [2.75, 3.05) is 32.8 Å². The van der Waals surface area contributed by atoms with E-state index in [-0.39, 0.29) is 5.41 Å². The molecular formula is C16H23Cl2N3O2. The van der Waals surface area contributed by atoms with Crippen molar-refractivity contribution in [2.24, 2.45) is 10.4 Å². The largest absolute Gasteiger partial charge is 0.387 e. The Bertz CT molecular complexity index is 542. The van der Waals surface area contributed by atoms with E-state index >= 15 is 0 Å². The van der Waals surface area contributed by atoms with Crippen molar-refractivity contribution in [2.45, 2.75) is 20.0 Å². The molecule has 128 valence electrons. The third-order valence-electron chi connectivity index (χ3n) is 3.60. The molecule has 1 aromatic rings. The minimum Gasteiger partial charge on any atom is -0.387 e. The number of aliphatic hydroxyl groups is 1. The quantitative estimate of drug-likeness (QED) is 0.539. The molecule has 1 aromatic carbocycles. The third kappa shape index (κ3) is 5.53. The molecule has 1 aliphatic rings. The van der Waals surface area contributed by atoms with Crippen LogP contribution in [0.5, 0.6) is 0 Å². The number of hydrogen-bond acceptors (Lipinski definition) is 3. The first-order chi connectivity index (χ1) is 10.9. The molecule has 1 unspecified atom stereocenters. The van der Waals surface area contributed by atoms with E-state index in [1.807, 2.05) is 6.92 Å². The number of aliphatic imine (C=N–C) groups is 1. The predicted octanol–water partition coefficient (Wildman–Crippen LogP) is 2.62. The second kappa shape index (κ2) is 8.20. The Kier molecular flexibility index (Phi) is 6.53.